The van der Waals surface area contributed by atoms with Crippen LogP contribution < -0.4 is 5.32 Å². The van der Waals surface area contributed by atoms with Gasteiger partial charge in [-0.3, -0.25) is 4.79 Å². The van der Waals surface area contributed by atoms with Gasteiger partial charge in [0.15, 0.2) is 5.76 Å². The van der Waals surface area contributed by atoms with Crippen molar-refractivity contribution in [1.82, 2.24) is 24.9 Å². The van der Waals surface area contributed by atoms with E-state index in [2.05, 4.69) is 25.5 Å². The third-order valence-electron chi connectivity index (χ3n) is 4.52. The maximum atomic E-state index is 13.3. The van der Waals surface area contributed by atoms with Crippen molar-refractivity contribution >= 4 is 34.3 Å². The molecule has 0 saturated carbocycles. The lowest BCUT2D eigenvalue weighted by atomic mass is 10.1. The van der Waals surface area contributed by atoms with Gasteiger partial charge >= 0.3 is 0 Å². The van der Waals surface area contributed by atoms with Gasteiger partial charge in [-0.1, -0.05) is 22.8 Å². The fourth-order valence-corrected chi connectivity index (χ4v) is 3.45. The maximum absolute atomic E-state index is 13.3. The Hall–Kier alpha value is -3.98. The fraction of sp³-hybridized carbons (Fsp3) is 0.0500. The van der Waals surface area contributed by atoms with E-state index in [4.69, 9.17) is 20.5 Å². The standard InChI is InChI=1S/C20H13ClN6O3/c1-11-17-12(8-15(16-6-3-7-29-16)25-20(17)30-26-11)19(28)24-14-5-2-4-13(21)18(14)27-10-22-9-23-27/h2-10H,1H3,(H,24,28). The molecule has 0 radical (unpaired) electrons. The second-order valence-electron chi connectivity index (χ2n) is 6.41. The van der Waals surface area contributed by atoms with Crippen molar-refractivity contribution in [2.45, 2.75) is 6.92 Å². The zero-order chi connectivity index (χ0) is 20.7. The largest absolute Gasteiger partial charge is 0.463 e. The molecule has 9 nitrogen and oxygen atoms in total. The average molecular weight is 421 g/mol. The highest BCUT2D eigenvalue weighted by Gasteiger charge is 2.21. The third-order valence-corrected chi connectivity index (χ3v) is 4.82. The summed E-state index contributed by atoms with van der Waals surface area (Å²) in [4.78, 5) is 21.7. The van der Waals surface area contributed by atoms with E-state index in [9.17, 15) is 4.79 Å². The third kappa shape index (κ3) is 3.01. The van der Waals surface area contributed by atoms with Gasteiger partial charge < -0.3 is 14.3 Å². The smallest absolute Gasteiger partial charge is 0.259 e. The number of hydrogen-bond acceptors (Lipinski definition) is 7. The van der Waals surface area contributed by atoms with Crippen LogP contribution in [0.15, 0.2) is 64.3 Å². The number of nitrogens with zero attached hydrogens (tertiary/aromatic N) is 5. The zero-order valence-electron chi connectivity index (χ0n) is 15.5. The first kappa shape index (κ1) is 18.1. The van der Waals surface area contributed by atoms with Gasteiger partial charge in [0.25, 0.3) is 11.6 Å². The number of fused-ring (bicyclic) bond motifs is 1. The van der Waals surface area contributed by atoms with Gasteiger partial charge in [0.1, 0.15) is 24.0 Å². The molecule has 0 aliphatic carbocycles. The van der Waals surface area contributed by atoms with Gasteiger partial charge in [0, 0.05) is 0 Å². The molecule has 4 heterocycles. The Bertz CT molecular complexity index is 1360. The van der Waals surface area contributed by atoms with Gasteiger partial charge in [-0.05, 0) is 37.3 Å². The van der Waals surface area contributed by atoms with Crippen LogP contribution in [-0.4, -0.2) is 30.8 Å². The number of rotatable bonds is 4. The SMILES string of the molecule is Cc1noc2nc(-c3ccco3)cc(C(=O)Nc3cccc(Cl)c3-n3cncn3)c12. The van der Waals surface area contributed by atoms with Crippen molar-refractivity contribution < 1.29 is 13.7 Å². The van der Waals surface area contributed by atoms with Gasteiger partial charge in [0.2, 0.25) is 0 Å². The summed E-state index contributed by atoms with van der Waals surface area (Å²) in [5.41, 5.74) is 2.57. The number of anilines is 1. The van der Waals surface area contributed by atoms with E-state index < -0.39 is 0 Å². The van der Waals surface area contributed by atoms with Crippen molar-refractivity contribution in [1.29, 1.82) is 0 Å². The molecule has 0 aliphatic heterocycles. The lowest BCUT2D eigenvalue weighted by molar-refractivity contribution is 0.102. The number of nitrogens with one attached hydrogen (secondary N) is 1. The molecule has 1 amide bonds. The fourth-order valence-electron chi connectivity index (χ4n) is 3.19. The Morgan fingerprint density at radius 1 is 1.23 bits per heavy atom. The number of pyridine rings is 1. The number of aryl methyl sites for hydroxylation is 1. The number of carbonyl (C=O) groups excluding carboxylic acids is 1. The van der Waals surface area contributed by atoms with Crippen LogP contribution in [0.2, 0.25) is 5.02 Å². The molecule has 30 heavy (non-hydrogen) atoms. The maximum Gasteiger partial charge on any atom is 0.259 e. The van der Waals surface area contributed by atoms with E-state index >= 15 is 0 Å². The first-order valence-corrected chi connectivity index (χ1v) is 9.25. The van der Waals surface area contributed by atoms with Gasteiger partial charge in [0.05, 0.1) is 33.6 Å². The molecule has 0 bridgehead atoms. The van der Waals surface area contributed by atoms with E-state index in [-0.39, 0.29) is 11.6 Å². The summed E-state index contributed by atoms with van der Waals surface area (Å²) in [6.07, 6.45) is 4.42. The van der Waals surface area contributed by atoms with E-state index in [0.29, 0.717) is 44.5 Å². The van der Waals surface area contributed by atoms with E-state index in [1.54, 1.807) is 43.3 Å². The summed E-state index contributed by atoms with van der Waals surface area (Å²) in [6.45, 7) is 1.75. The Morgan fingerprint density at radius 3 is 2.90 bits per heavy atom. The molecule has 0 fully saturated rings. The molecule has 1 aromatic carbocycles. The molecule has 0 aliphatic rings. The minimum Gasteiger partial charge on any atom is -0.463 e. The Morgan fingerprint density at radius 2 is 2.13 bits per heavy atom. The van der Waals surface area contributed by atoms with Crippen molar-refractivity contribution in [3.8, 4) is 17.1 Å². The first-order valence-electron chi connectivity index (χ1n) is 8.87. The predicted octanol–water partition coefficient (Wildman–Crippen LogP) is 4.28. The molecule has 4 aromatic heterocycles. The average Bonchev–Trinajstić information content (AvgIpc) is 3.50. The molecule has 5 aromatic rings. The second kappa shape index (κ2) is 7.12. The van der Waals surface area contributed by atoms with E-state index in [1.165, 1.54) is 23.6 Å². The van der Waals surface area contributed by atoms with Crippen LogP contribution in [-0.2, 0) is 0 Å². The number of furan rings is 1. The highest BCUT2D eigenvalue weighted by atomic mass is 35.5. The number of benzene rings is 1. The summed E-state index contributed by atoms with van der Waals surface area (Å²) in [7, 11) is 0. The Balaban J connectivity index is 1.61. The molecule has 5 rings (SSSR count). The summed E-state index contributed by atoms with van der Waals surface area (Å²) in [6, 6.07) is 10.3. The molecule has 0 unspecified atom stereocenters. The molecule has 1 N–H and O–H groups in total. The minimum atomic E-state index is -0.384. The van der Waals surface area contributed by atoms with Crippen LogP contribution >= 0.6 is 11.6 Å². The monoisotopic (exact) mass is 420 g/mol. The predicted molar refractivity (Wildman–Crippen MR) is 109 cm³/mol. The Labute approximate surface area is 174 Å². The number of halogens is 1. The molecule has 0 spiro atoms. The normalized spacial score (nSPS) is 11.1. The van der Waals surface area contributed by atoms with Crippen LogP contribution in [0.25, 0.3) is 28.2 Å². The van der Waals surface area contributed by atoms with Crippen LogP contribution in [0.4, 0.5) is 5.69 Å². The van der Waals surface area contributed by atoms with Gasteiger partial charge in [-0.25, -0.2) is 14.6 Å². The highest BCUT2D eigenvalue weighted by Crippen LogP contribution is 2.31. The molecule has 0 atom stereocenters. The van der Waals surface area contributed by atoms with Gasteiger partial charge in [-0.15, -0.1) is 0 Å². The highest BCUT2D eigenvalue weighted by molar-refractivity contribution is 6.33. The van der Waals surface area contributed by atoms with Gasteiger partial charge in [-0.2, -0.15) is 5.10 Å². The molecular formula is C20H13ClN6O3. The lowest BCUT2D eigenvalue weighted by Crippen LogP contribution is -2.15. The quantitative estimate of drug-likeness (QED) is 0.461. The van der Waals surface area contributed by atoms with E-state index in [1.807, 2.05) is 0 Å². The minimum absolute atomic E-state index is 0.245. The van der Waals surface area contributed by atoms with Crippen LogP contribution in [0.1, 0.15) is 16.1 Å². The molecule has 0 saturated heterocycles. The molecule has 148 valence electrons. The number of amides is 1. The summed E-state index contributed by atoms with van der Waals surface area (Å²) < 4.78 is 12.2. The summed E-state index contributed by atoms with van der Waals surface area (Å²) in [5, 5.41) is 11.9. The molecular weight excluding hydrogens is 408 g/mol. The van der Waals surface area contributed by atoms with Crippen LogP contribution in [0.5, 0.6) is 0 Å². The number of carbonyl (C=O) groups is 1. The number of hydrogen-bond donors (Lipinski definition) is 1. The summed E-state index contributed by atoms with van der Waals surface area (Å²) >= 11 is 6.36. The van der Waals surface area contributed by atoms with Crippen molar-refractivity contribution in [3.05, 3.63) is 71.6 Å². The van der Waals surface area contributed by atoms with Crippen molar-refractivity contribution in [3.63, 3.8) is 0 Å². The first-order chi connectivity index (χ1) is 14.6. The number of aromatic nitrogens is 5. The topological polar surface area (TPSA) is 112 Å². The zero-order valence-corrected chi connectivity index (χ0v) is 16.3. The van der Waals surface area contributed by atoms with Crippen molar-refractivity contribution in [2.24, 2.45) is 0 Å². The number of para-hydroxylation sites is 1. The van der Waals surface area contributed by atoms with Crippen molar-refractivity contribution in [2.75, 3.05) is 5.32 Å². The Kier molecular flexibility index (Phi) is 4.29. The van der Waals surface area contributed by atoms with E-state index in [0.717, 1.165) is 0 Å². The lowest BCUT2D eigenvalue weighted by Gasteiger charge is -2.13. The molecule has 10 heteroatoms. The van der Waals surface area contributed by atoms with Crippen LogP contribution in [0, 0.1) is 6.92 Å². The van der Waals surface area contributed by atoms with Crippen LogP contribution in [0.3, 0.4) is 0 Å². The summed E-state index contributed by atoms with van der Waals surface area (Å²) in [5.74, 6) is 0.121. The second-order valence-corrected chi connectivity index (χ2v) is 6.82.